The lowest BCUT2D eigenvalue weighted by atomic mass is 10.0. The van der Waals surface area contributed by atoms with Gasteiger partial charge in [-0.25, -0.2) is 0 Å². The summed E-state index contributed by atoms with van der Waals surface area (Å²) in [5.41, 5.74) is 4.43. The van der Waals surface area contributed by atoms with Gasteiger partial charge in [0.25, 0.3) is 0 Å². The molecule has 0 aromatic heterocycles. The van der Waals surface area contributed by atoms with Gasteiger partial charge in [0, 0.05) is 11.7 Å². The second-order valence-corrected chi connectivity index (χ2v) is 5.43. The van der Waals surface area contributed by atoms with Crippen molar-refractivity contribution < 1.29 is 4.79 Å². The van der Waals surface area contributed by atoms with Gasteiger partial charge >= 0.3 is 0 Å². The fourth-order valence-corrected chi connectivity index (χ4v) is 2.29. The highest BCUT2D eigenvalue weighted by Crippen LogP contribution is 2.23. The number of rotatable bonds is 4. The number of anilines is 1. The Hall–Kier alpha value is -1.35. The lowest BCUT2D eigenvalue weighted by Crippen LogP contribution is -2.39. The third-order valence-corrected chi connectivity index (χ3v) is 3.38. The van der Waals surface area contributed by atoms with E-state index in [9.17, 15) is 4.79 Å². The smallest absolute Gasteiger partial charge is 0.241 e. The van der Waals surface area contributed by atoms with Crippen LogP contribution in [-0.4, -0.2) is 18.0 Å². The molecule has 2 N–H and O–H groups in total. The maximum Gasteiger partial charge on any atom is 0.241 e. The summed E-state index contributed by atoms with van der Waals surface area (Å²) < 4.78 is 0. The summed E-state index contributed by atoms with van der Waals surface area (Å²) in [4.78, 5) is 12.1. The number of amides is 1. The summed E-state index contributed by atoms with van der Waals surface area (Å²) in [5.74, 6) is 0.0527. The maximum absolute atomic E-state index is 12.1. The zero-order chi connectivity index (χ0) is 13.3. The molecular formula is C15H22N2O. The van der Waals surface area contributed by atoms with Gasteiger partial charge in [-0.15, -0.1) is 0 Å². The van der Waals surface area contributed by atoms with Gasteiger partial charge in [-0.2, -0.15) is 0 Å². The van der Waals surface area contributed by atoms with Crippen LogP contribution < -0.4 is 10.6 Å². The zero-order valence-corrected chi connectivity index (χ0v) is 11.6. The zero-order valence-electron chi connectivity index (χ0n) is 11.6. The molecule has 0 aliphatic heterocycles. The first kappa shape index (κ1) is 13.1. The van der Waals surface area contributed by atoms with Crippen molar-refractivity contribution in [3.8, 4) is 0 Å². The summed E-state index contributed by atoms with van der Waals surface area (Å²) in [6.45, 7) is 8.07. The van der Waals surface area contributed by atoms with Gasteiger partial charge < -0.3 is 10.6 Å². The molecule has 0 heterocycles. The SMILES string of the molecule is Cc1cc(C)c(NC(=O)C(C)NC2CC2)c(C)c1. The van der Waals surface area contributed by atoms with E-state index in [0.29, 0.717) is 6.04 Å². The highest BCUT2D eigenvalue weighted by Gasteiger charge is 2.25. The molecule has 0 saturated heterocycles. The van der Waals surface area contributed by atoms with Crippen molar-refractivity contribution >= 4 is 11.6 Å². The molecule has 1 aromatic rings. The number of aryl methyl sites for hydroxylation is 3. The minimum Gasteiger partial charge on any atom is -0.324 e. The van der Waals surface area contributed by atoms with Crippen molar-refractivity contribution in [3.05, 3.63) is 28.8 Å². The largest absolute Gasteiger partial charge is 0.324 e. The predicted octanol–water partition coefficient (Wildman–Crippen LogP) is 2.69. The van der Waals surface area contributed by atoms with E-state index in [4.69, 9.17) is 0 Å². The van der Waals surface area contributed by atoms with Gasteiger partial charge in [-0.3, -0.25) is 4.79 Å². The monoisotopic (exact) mass is 246 g/mol. The summed E-state index contributed by atoms with van der Waals surface area (Å²) in [6, 6.07) is 4.62. The molecule has 3 nitrogen and oxygen atoms in total. The van der Waals surface area contributed by atoms with Gasteiger partial charge in [0.1, 0.15) is 0 Å². The summed E-state index contributed by atoms with van der Waals surface area (Å²) >= 11 is 0. The van der Waals surface area contributed by atoms with Crippen molar-refractivity contribution in [2.45, 2.75) is 52.6 Å². The highest BCUT2D eigenvalue weighted by molar-refractivity contribution is 5.96. The van der Waals surface area contributed by atoms with Gasteiger partial charge in [-0.1, -0.05) is 17.7 Å². The molecule has 3 heteroatoms. The minimum absolute atomic E-state index is 0.0527. The Morgan fingerprint density at radius 1 is 1.22 bits per heavy atom. The Morgan fingerprint density at radius 2 is 1.78 bits per heavy atom. The Balaban J connectivity index is 2.06. The molecule has 18 heavy (non-hydrogen) atoms. The molecule has 1 amide bonds. The van der Waals surface area contributed by atoms with Crippen molar-refractivity contribution in [1.82, 2.24) is 5.32 Å². The number of benzene rings is 1. The van der Waals surface area contributed by atoms with Crippen LogP contribution in [0.1, 0.15) is 36.5 Å². The topological polar surface area (TPSA) is 41.1 Å². The van der Waals surface area contributed by atoms with E-state index >= 15 is 0 Å². The number of carbonyl (C=O) groups excluding carboxylic acids is 1. The first-order valence-corrected chi connectivity index (χ1v) is 6.62. The Morgan fingerprint density at radius 3 is 2.28 bits per heavy atom. The average molecular weight is 246 g/mol. The molecule has 1 fully saturated rings. The van der Waals surface area contributed by atoms with Crippen LogP contribution in [0.25, 0.3) is 0 Å². The molecule has 1 atom stereocenters. The summed E-state index contributed by atoms with van der Waals surface area (Å²) in [6.07, 6.45) is 2.39. The average Bonchev–Trinajstić information content (AvgIpc) is 3.06. The molecule has 0 radical (unpaired) electrons. The van der Waals surface area contributed by atoms with Crippen LogP contribution in [0.15, 0.2) is 12.1 Å². The minimum atomic E-state index is -0.127. The van der Waals surface area contributed by atoms with E-state index in [0.717, 1.165) is 16.8 Å². The molecule has 98 valence electrons. The number of carbonyl (C=O) groups is 1. The van der Waals surface area contributed by atoms with Crippen LogP contribution in [-0.2, 0) is 4.79 Å². The molecule has 1 aliphatic carbocycles. The van der Waals surface area contributed by atoms with E-state index in [-0.39, 0.29) is 11.9 Å². The molecule has 2 rings (SSSR count). The second kappa shape index (κ2) is 5.11. The Kier molecular flexibility index (Phi) is 3.71. The molecular weight excluding hydrogens is 224 g/mol. The van der Waals surface area contributed by atoms with Gasteiger partial charge in [0.15, 0.2) is 0 Å². The standard InChI is InChI=1S/C15H22N2O/c1-9-7-10(2)14(11(3)8-9)17-15(18)12(4)16-13-5-6-13/h7-8,12-13,16H,5-6H2,1-4H3,(H,17,18). The molecule has 1 aromatic carbocycles. The fraction of sp³-hybridized carbons (Fsp3) is 0.533. The third-order valence-electron chi connectivity index (χ3n) is 3.38. The molecule has 0 bridgehead atoms. The molecule has 1 aliphatic rings. The number of nitrogens with one attached hydrogen (secondary N) is 2. The molecule has 1 saturated carbocycles. The van der Waals surface area contributed by atoms with Crippen molar-refractivity contribution in [2.24, 2.45) is 0 Å². The van der Waals surface area contributed by atoms with Crippen LogP contribution in [0.3, 0.4) is 0 Å². The first-order valence-electron chi connectivity index (χ1n) is 6.62. The van der Waals surface area contributed by atoms with Crippen LogP contribution in [0.4, 0.5) is 5.69 Å². The summed E-state index contributed by atoms with van der Waals surface area (Å²) in [5, 5.41) is 6.35. The van der Waals surface area contributed by atoms with Gasteiger partial charge in [-0.05, 0) is 51.7 Å². The highest BCUT2D eigenvalue weighted by atomic mass is 16.2. The van der Waals surface area contributed by atoms with Crippen LogP contribution in [0.5, 0.6) is 0 Å². The molecule has 0 spiro atoms. The fourth-order valence-electron chi connectivity index (χ4n) is 2.29. The quantitative estimate of drug-likeness (QED) is 0.857. The maximum atomic E-state index is 12.1. The lowest BCUT2D eigenvalue weighted by molar-refractivity contribution is -0.117. The van der Waals surface area contributed by atoms with E-state index in [1.807, 2.05) is 20.8 Å². The van der Waals surface area contributed by atoms with Crippen molar-refractivity contribution in [1.29, 1.82) is 0 Å². The number of hydrogen-bond acceptors (Lipinski definition) is 2. The van der Waals surface area contributed by atoms with E-state index in [2.05, 4.69) is 29.7 Å². The number of hydrogen-bond donors (Lipinski definition) is 2. The second-order valence-electron chi connectivity index (χ2n) is 5.43. The van der Waals surface area contributed by atoms with Crippen LogP contribution in [0, 0.1) is 20.8 Å². The predicted molar refractivity (Wildman–Crippen MR) is 74.9 cm³/mol. The third kappa shape index (κ3) is 3.10. The van der Waals surface area contributed by atoms with E-state index in [1.165, 1.54) is 18.4 Å². The lowest BCUT2D eigenvalue weighted by Gasteiger charge is -2.17. The van der Waals surface area contributed by atoms with Gasteiger partial charge in [0.05, 0.1) is 6.04 Å². The van der Waals surface area contributed by atoms with Crippen molar-refractivity contribution in [2.75, 3.05) is 5.32 Å². The van der Waals surface area contributed by atoms with E-state index in [1.54, 1.807) is 0 Å². The Bertz CT molecular complexity index is 441. The Labute approximate surface area is 109 Å². The first-order chi connectivity index (χ1) is 8.47. The van der Waals surface area contributed by atoms with Crippen molar-refractivity contribution in [3.63, 3.8) is 0 Å². The van der Waals surface area contributed by atoms with Crippen LogP contribution >= 0.6 is 0 Å². The normalized spacial score (nSPS) is 16.4. The van der Waals surface area contributed by atoms with Gasteiger partial charge in [0.2, 0.25) is 5.91 Å². The molecule has 1 unspecified atom stereocenters. The van der Waals surface area contributed by atoms with Crippen LogP contribution in [0.2, 0.25) is 0 Å². The summed E-state index contributed by atoms with van der Waals surface area (Å²) in [7, 11) is 0. The van der Waals surface area contributed by atoms with E-state index < -0.39 is 0 Å².